The number of carbonyl (C=O) groups excluding carboxylic acids is 1. The average Bonchev–Trinajstić information content (AvgIpc) is 3.27. The molecule has 3 rings (SSSR count). The fourth-order valence-corrected chi connectivity index (χ4v) is 4.07. The van der Waals surface area contributed by atoms with Gasteiger partial charge in [-0.2, -0.15) is 5.26 Å². The molecule has 0 bridgehead atoms. The maximum atomic E-state index is 12.8. The van der Waals surface area contributed by atoms with Crippen LogP contribution in [0.2, 0.25) is 0 Å². The summed E-state index contributed by atoms with van der Waals surface area (Å²) in [6, 6.07) is 21.4. The lowest BCUT2D eigenvalue weighted by molar-refractivity contribution is -0.118. The van der Waals surface area contributed by atoms with Gasteiger partial charge in [0.2, 0.25) is 5.91 Å². The summed E-state index contributed by atoms with van der Waals surface area (Å²) in [6.45, 7) is 3.02. The van der Waals surface area contributed by atoms with E-state index >= 15 is 0 Å². The molecule has 1 heterocycles. The smallest absolute Gasteiger partial charge is 0.238 e. The van der Waals surface area contributed by atoms with Gasteiger partial charge >= 0.3 is 0 Å². The zero-order chi connectivity index (χ0) is 21.3. The van der Waals surface area contributed by atoms with Gasteiger partial charge in [0.25, 0.3) is 0 Å². The molecule has 30 heavy (non-hydrogen) atoms. The Morgan fingerprint density at radius 2 is 1.93 bits per heavy atom. The van der Waals surface area contributed by atoms with Crippen LogP contribution >= 0.6 is 11.3 Å². The first-order chi connectivity index (χ1) is 14.6. The van der Waals surface area contributed by atoms with Crippen molar-refractivity contribution in [3.8, 4) is 11.8 Å². The lowest BCUT2D eigenvalue weighted by atomic mass is 10.1. The number of methoxy groups -OCH3 is 1. The minimum Gasteiger partial charge on any atom is -0.497 e. The highest BCUT2D eigenvalue weighted by molar-refractivity contribution is 7.09. The van der Waals surface area contributed by atoms with E-state index in [-0.39, 0.29) is 18.5 Å². The van der Waals surface area contributed by atoms with Crippen molar-refractivity contribution in [2.24, 2.45) is 0 Å². The average molecular weight is 420 g/mol. The zero-order valence-corrected chi connectivity index (χ0v) is 18.0. The van der Waals surface area contributed by atoms with E-state index in [4.69, 9.17) is 4.74 Å². The minimum atomic E-state index is -0.135. The molecule has 2 aromatic carbocycles. The molecule has 0 radical (unpaired) electrons. The minimum absolute atomic E-state index is 0.135. The molecule has 1 aromatic heterocycles. The Balaban J connectivity index is 1.73. The second kappa shape index (κ2) is 10.6. The van der Waals surface area contributed by atoms with E-state index in [1.165, 1.54) is 4.88 Å². The molecule has 1 atom stereocenters. The highest BCUT2D eigenvalue weighted by Crippen LogP contribution is 2.19. The van der Waals surface area contributed by atoms with Gasteiger partial charge in [0.05, 0.1) is 24.9 Å². The van der Waals surface area contributed by atoms with Gasteiger partial charge < -0.3 is 10.1 Å². The van der Waals surface area contributed by atoms with Crippen LogP contribution < -0.4 is 10.1 Å². The molecule has 5 nitrogen and oxygen atoms in total. The molecule has 1 unspecified atom stereocenters. The number of nitrogens with zero attached hydrogens (tertiary/aromatic N) is 2. The molecule has 0 spiro atoms. The van der Waals surface area contributed by atoms with Gasteiger partial charge in [-0.3, -0.25) is 9.69 Å². The summed E-state index contributed by atoms with van der Waals surface area (Å²) in [5.41, 5.74) is 2.11. The molecule has 1 N–H and O–H groups in total. The van der Waals surface area contributed by atoms with Gasteiger partial charge in [-0.15, -0.1) is 11.3 Å². The summed E-state index contributed by atoms with van der Waals surface area (Å²) in [5, 5.41) is 14.2. The third-order valence-corrected chi connectivity index (χ3v) is 5.81. The van der Waals surface area contributed by atoms with Crippen molar-refractivity contribution < 1.29 is 9.53 Å². The van der Waals surface area contributed by atoms with Crippen LogP contribution in [0.25, 0.3) is 0 Å². The number of nitriles is 1. The first kappa shape index (κ1) is 21.6. The van der Waals surface area contributed by atoms with Crippen molar-refractivity contribution in [2.75, 3.05) is 19.0 Å². The quantitative estimate of drug-likeness (QED) is 0.546. The van der Waals surface area contributed by atoms with Crippen LogP contribution in [0, 0.1) is 11.3 Å². The molecule has 0 saturated carbocycles. The molecule has 0 saturated heterocycles. The van der Waals surface area contributed by atoms with E-state index in [2.05, 4.69) is 34.7 Å². The Kier molecular flexibility index (Phi) is 7.61. The molecule has 6 heteroatoms. The van der Waals surface area contributed by atoms with Gasteiger partial charge in [-0.05, 0) is 54.6 Å². The molecule has 0 fully saturated rings. The standard InChI is InChI=1S/C24H25N3O2S/c1-18(14-22-7-5-13-30-22)27(16-19-9-11-21(29-2)12-10-19)17-24(28)26-23-8-4-3-6-20(23)15-25/h3-13,18H,14,16-17H2,1-2H3,(H,26,28). The van der Waals surface area contributed by atoms with Crippen molar-refractivity contribution in [1.82, 2.24) is 4.90 Å². The van der Waals surface area contributed by atoms with Gasteiger partial charge in [0, 0.05) is 17.5 Å². The monoisotopic (exact) mass is 419 g/mol. The normalized spacial score (nSPS) is 11.7. The molecular weight excluding hydrogens is 394 g/mol. The summed E-state index contributed by atoms with van der Waals surface area (Å²) in [5.74, 6) is 0.673. The van der Waals surface area contributed by atoms with Crippen LogP contribution in [-0.2, 0) is 17.8 Å². The molecule has 154 valence electrons. The summed E-state index contributed by atoms with van der Waals surface area (Å²) in [4.78, 5) is 16.3. The molecule has 0 aliphatic heterocycles. The molecule has 0 aliphatic rings. The first-order valence-corrected chi connectivity index (χ1v) is 10.7. The Bertz CT molecular complexity index is 994. The van der Waals surface area contributed by atoms with Crippen molar-refractivity contribution >= 4 is 22.9 Å². The Morgan fingerprint density at radius 1 is 1.17 bits per heavy atom. The Labute approximate surface area is 181 Å². The van der Waals surface area contributed by atoms with Gasteiger partial charge in [-0.25, -0.2) is 0 Å². The van der Waals surface area contributed by atoms with Crippen LogP contribution in [0.4, 0.5) is 5.69 Å². The molecular formula is C24H25N3O2S. The maximum Gasteiger partial charge on any atom is 0.238 e. The third kappa shape index (κ3) is 5.93. The Morgan fingerprint density at radius 3 is 2.60 bits per heavy atom. The number of anilines is 1. The number of rotatable bonds is 9. The summed E-state index contributed by atoms with van der Waals surface area (Å²) in [6.07, 6.45) is 0.871. The number of hydrogen-bond acceptors (Lipinski definition) is 5. The fraction of sp³-hybridized carbons (Fsp3) is 0.250. The maximum absolute atomic E-state index is 12.8. The largest absolute Gasteiger partial charge is 0.497 e. The number of ether oxygens (including phenoxy) is 1. The predicted molar refractivity (Wildman–Crippen MR) is 121 cm³/mol. The van der Waals surface area contributed by atoms with Crippen LogP contribution in [0.3, 0.4) is 0 Å². The number of thiophene rings is 1. The van der Waals surface area contributed by atoms with E-state index in [0.717, 1.165) is 17.7 Å². The van der Waals surface area contributed by atoms with Gasteiger partial charge in [0.1, 0.15) is 11.8 Å². The first-order valence-electron chi connectivity index (χ1n) is 9.77. The lowest BCUT2D eigenvalue weighted by Gasteiger charge is -2.28. The predicted octanol–water partition coefficient (Wildman–Crippen LogP) is 4.70. The van der Waals surface area contributed by atoms with Crippen molar-refractivity contribution in [3.05, 3.63) is 82.0 Å². The second-order valence-electron chi connectivity index (χ2n) is 7.09. The van der Waals surface area contributed by atoms with E-state index in [1.807, 2.05) is 36.4 Å². The number of amides is 1. The third-order valence-electron chi connectivity index (χ3n) is 4.91. The topological polar surface area (TPSA) is 65.4 Å². The molecule has 1 amide bonds. The van der Waals surface area contributed by atoms with E-state index in [1.54, 1.807) is 36.6 Å². The summed E-state index contributed by atoms with van der Waals surface area (Å²) in [7, 11) is 1.65. The number of nitrogens with one attached hydrogen (secondary N) is 1. The van der Waals surface area contributed by atoms with E-state index in [9.17, 15) is 10.1 Å². The molecule has 3 aromatic rings. The number of benzene rings is 2. The lowest BCUT2D eigenvalue weighted by Crippen LogP contribution is -2.40. The Hall–Kier alpha value is -3.14. The molecule has 0 aliphatic carbocycles. The second-order valence-corrected chi connectivity index (χ2v) is 8.12. The summed E-state index contributed by atoms with van der Waals surface area (Å²) >= 11 is 1.73. The van der Waals surface area contributed by atoms with Crippen molar-refractivity contribution in [2.45, 2.75) is 25.9 Å². The van der Waals surface area contributed by atoms with Crippen LogP contribution in [0.1, 0.15) is 22.9 Å². The summed E-state index contributed by atoms with van der Waals surface area (Å²) < 4.78 is 5.24. The van der Waals surface area contributed by atoms with Crippen LogP contribution in [-0.4, -0.2) is 30.5 Å². The number of carbonyl (C=O) groups is 1. The van der Waals surface area contributed by atoms with Gasteiger partial charge in [-0.1, -0.05) is 30.3 Å². The van der Waals surface area contributed by atoms with E-state index in [0.29, 0.717) is 17.8 Å². The van der Waals surface area contributed by atoms with Crippen molar-refractivity contribution in [1.29, 1.82) is 5.26 Å². The number of hydrogen-bond donors (Lipinski definition) is 1. The fourth-order valence-electron chi connectivity index (χ4n) is 3.25. The highest BCUT2D eigenvalue weighted by Gasteiger charge is 2.19. The SMILES string of the molecule is COc1ccc(CN(CC(=O)Nc2ccccc2C#N)C(C)Cc2cccs2)cc1. The van der Waals surface area contributed by atoms with Crippen molar-refractivity contribution in [3.63, 3.8) is 0 Å². The number of para-hydroxylation sites is 1. The highest BCUT2D eigenvalue weighted by atomic mass is 32.1. The van der Waals surface area contributed by atoms with E-state index < -0.39 is 0 Å². The zero-order valence-electron chi connectivity index (χ0n) is 17.2. The van der Waals surface area contributed by atoms with Gasteiger partial charge in [0.15, 0.2) is 0 Å². The van der Waals surface area contributed by atoms with Crippen LogP contribution in [0.5, 0.6) is 5.75 Å². The van der Waals surface area contributed by atoms with Crippen LogP contribution in [0.15, 0.2) is 66.0 Å².